The lowest BCUT2D eigenvalue weighted by Crippen LogP contribution is -2.33. The summed E-state index contributed by atoms with van der Waals surface area (Å²) in [4.78, 5) is 22.7. The molecule has 1 aromatic carbocycles. The summed E-state index contributed by atoms with van der Waals surface area (Å²) in [5.41, 5.74) is -0.894. The van der Waals surface area contributed by atoms with Gasteiger partial charge < -0.3 is 14.5 Å². The maximum atomic E-state index is 12.4. The zero-order valence-electron chi connectivity index (χ0n) is 14.3. The molecule has 0 saturated heterocycles. The Morgan fingerprint density at radius 3 is 2.70 bits per heavy atom. The van der Waals surface area contributed by atoms with Crippen LogP contribution in [0.4, 0.5) is 18.9 Å². The van der Waals surface area contributed by atoms with Crippen LogP contribution in [0.15, 0.2) is 41.0 Å². The number of ether oxygens (including phenoxy) is 1. The fourth-order valence-electron chi connectivity index (χ4n) is 2.30. The molecule has 10 heteroatoms. The number of benzene rings is 1. The summed E-state index contributed by atoms with van der Waals surface area (Å²) in [6.07, 6.45) is -1.98. The van der Waals surface area contributed by atoms with Gasteiger partial charge in [0.2, 0.25) is 0 Å². The molecule has 7 nitrogen and oxygen atoms in total. The summed E-state index contributed by atoms with van der Waals surface area (Å²) in [5.74, 6) is -0.331. The molecule has 2 rings (SSSR count). The number of carbonyl (C=O) groups is 1. The van der Waals surface area contributed by atoms with Gasteiger partial charge in [0, 0.05) is 18.5 Å². The van der Waals surface area contributed by atoms with E-state index in [0.29, 0.717) is 12.8 Å². The van der Waals surface area contributed by atoms with Gasteiger partial charge in [0.25, 0.3) is 11.6 Å². The quantitative estimate of drug-likeness (QED) is 0.549. The summed E-state index contributed by atoms with van der Waals surface area (Å²) >= 11 is 0. The van der Waals surface area contributed by atoms with Crippen LogP contribution < -0.4 is 10.1 Å². The van der Waals surface area contributed by atoms with Gasteiger partial charge in [-0.2, -0.15) is 13.2 Å². The van der Waals surface area contributed by atoms with Gasteiger partial charge in [-0.15, -0.1) is 0 Å². The first-order valence-corrected chi connectivity index (χ1v) is 7.97. The minimum atomic E-state index is -4.56. The number of aryl methyl sites for hydroxylation is 1. The molecule has 0 aliphatic carbocycles. The minimum Gasteiger partial charge on any atom is -0.484 e. The molecule has 0 bridgehead atoms. The number of hydrogen-bond acceptors (Lipinski definition) is 5. The summed E-state index contributed by atoms with van der Waals surface area (Å²) < 4.78 is 46.5. The van der Waals surface area contributed by atoms with Crippen LogP contribution in [-0.4, -0.2) is 29.7 Å². The van der Waals surface area contributed by atoms with E-state index in [-0.39, 0.29) is 17.4 Å². The molecular weight excluding hydrogens is 369 g/mol. The van der Waals surface area contributed by atoms with Gasteiger partial charge >= 0.3 is 6.18 Å². The maximum Gasteiger partial charge on any atom is 0.422 e. The third-order valence-electron chi connectivity index (χ3n) is 3.59. The average molecular weight is 386 g/mol. The van der Waals surface area contributed by atoms with Crippen molar-refractivity contribution in [2.45, 2.75) is 32.0 Å². The number of rotatable bonds is 8. The first-order valence-electron chi connectivity index (χ1n) is 7.97. The predicted molar refractivity (Wildman–Crippen MR) is 88.6 cm³/mol. The molecule has 0 radical (unpaired) electrons. The van der Waals surface area contributed by atoms with Crippen molar-refractivity contribution < 1.29 is 32.0 Å². The summed E-state index contributed by atoms with van der Waals surface area (Å²) in [6, 6.07) is 6.05. The van der Waals surface area contributed by atoms with E-state index in [0.717, 1.165) is 24.0 Å². The summed E-state index contributed by atoms with van der Waals surface area (Å²) in [5, 5.41) is 13.7. The van der Waals surface area contributed by atoms with Crippen LogP contribution in [0.1, 0.15) is 29.5 Å². The Morgan fingerprint density at radius 1 is 1.37 bits per heavy atom. The van der Waals surface area contributed by atoms with Gasteiger partial charge in [0.05, 0.1) is 11.2 Å². The van der Waals surface area contributed by atoms with Crippen molar-refractivity contribution >= 4 is 11.6 Å². The topological polar surface area (TPSA) is 94.6 Å². The Labute approximate surface area is 152 Å². The second-order valence-electron chi connectivity index (χ2n) is 5.83. The van der Waals surface area contributed by atoms with Gasteiger partial charge in [0.15, 0.2) is 6.61 Å². The molecule has 0 spiro atoms. The Bertz CT molecular complexity index is 790. The highest BCUT2D eigenvalue weighted by Crippen LogP contribution is 2.26. The van der Waals surface area contributed by atoms with E-state index in [1.54, 1.807) is 19.1 Å². The zero-order valence-corrected chi connectivity index (χ0v) is 14.3. The third kappa shape index (κ3) is 6.32. The van der Waals surface area contributed by atoms with E-state index in [1.165, 1.54) is 6.26 Å². The zero-order chi connectivity index (χ0) is 20.0. The van der Waals surface area contributed by atoms with E-state index < -0.39 is 29.3 Å². The van der Waals surface area contributed by atoms with Crippen LogP contribution in [0.5, 0.6) is 5.75 Å². The van der Waals surface area contributed by atoms with E-state index in [2.05, 4.69) is 10.1 Å². The van der Waals surface area contributed by atoms with Gasteiger partial charge in [0.1, 0.15) is 17.1 Å². The van der Waals surface area contributed by atoms with Gasteiger partial charge in [-0.1, -0.05) is 0 Å². The van der Waals surface area contributed by atoms with Gasteiger partial charge in [-0.05, 0) is 37.6 Å². The van der Waals surface area contributed by atoms with Crippen molar-refractivity contribution in [3.8, 4) is 5.75 Å². The third-order valence-corrected chi connectivity index (χ3v) is 3.59. The normalized spacial score (nSPS) is 12.4. The molecular formula is C17H17F3N2O5. The highest BCUT2D eigenvalue weighted by atomic mass is 19.4. The highest BCUT2D eigenvalue weighted by Gasteiger charge is 2.29. The second-order valence-corrected chi connectivity index (χ2v) is 5.83. The van der Waals surface area contributed by atoms with Crippen molar-refractivity contribution in [3.05, 3.63) is 58.0 Å². The average Bonchev–Trinajstić information content (AvgIpc) is 3.10. The molecule has 0 aliphatic heterocycles. The van der Waals surface area contributed by atoms with Gasteiger partial charge in [-0.25, -0.2) is 0 Å². The molecule has 1 N–H and O–H groups in total. The summed E-state index contributed by atoms with van der Waals surface area (Å²) in [7, 11) is 0. The number of alkyl halides is 3. The number of hydrogen-bond donors (Lipinski definition) is 1. The standard InChI is InChI=1S/C17H17F3N2O5/c1-11(4-5-12-3-2-8-26-12)21-16(23)14-9-13(27-10-17(18,19)20)6-7-15(14)22(24)25/h2-3,6-9,11H,4-5,10H2,1H3,(H,21,23). The lowest BCUT2D eigenvalue weighted by molar-refractivity contribution is -0.385. The van der Waals surface area contributed by atoms with Crippen LogP contribution in [0.25, 0.3) is 0 Å². The molecule has 2 aromatic rings. The molecule has 1 heterocycles. The Balaban J connectivity index is 2.08. The van der Waals surface area contributed by atoms with Crippen LogP contribution in [0.3, 0.4) is 0 Å². The Morgan fingerprint density at radius 2 is 2.11 bits per heavy atom. The Hall–Kier alpha value is -3.04. The monoisotopic (exact) mass is 386 g/mol. The van der Waals surface area contributed by atoms with Crippen LogP contribution >= 0.6 is 0 Å². The molecule has 1 aromatic heterocycles. The van der Waals surface area contributed by atoms with Crippen molar-refractivity contribution in [2.75, 3.05) is 6.61 Å². The number of furan rings is 1. The van der Waals surface area contributed by atoms with Crippen molar-refractivity contribution in [1.29, 1.82) is 0 Å². The second kappa shape index (κ2) is 8.56. The fourth-order valence-corrected chi connectivity index (χ4v) is 2.30. The maximum absolute atomic E-state index is 12.4. The van der Waals surface area contributed by atoms with Crippen LogP contribution in [0.2, 0.25) is 0 Å². The largest absolute Gasteiger partial charge is 0.484 e. The van der Waals surface area contributed by atoms with E-state index in [1.807, 2.05) is 0 Å². The molecule has 1 atom stereocenters. The molecule has 1 unspecified atom stereocenters. The Kier molecular flexibility index (Phi) is 6.43. The van der Waals surface area contributed by atoms with Crippen LogP contribution in [0, 0.1) is 10.1 Å². The summed E-state index contributed by atoms with van der Waals surface area (Å²) in [6.45, 7) is 0.141. The number of halogens is 3. The highest BCUT2D eigenvalue weighted by molar-refractivity contribution is 5.98. The lowest BCUT2D eigenvalue weighted by Gasteiger charge is -2.14. The number of nitrogens with one attached hydrogen (secondary N) is 1. The number of nitro groups is 1. The first kappa shape index (κ1) is 20.3. The molecule has 0 fully saturated rings. The fraction of sp³-hybridized carbons (Fsp3) is 0.353. The van der Waals surface area contributed by atoms with Crippen molar-refractivity contribution in [1.82, 2.24) is 5.32 Å². The lowest BCUT2D eigenvalue weighted by atomic mass is 10.1. The molecule has 27 heavy (non-hydrogen) atoms. The number of carbonyl (C=O) groups excluding carboxylic acids is 1. The molecule has 0 aliphatic rings. The van der Waals surface area contributed by atoms with E-state index in [4.69, 9.17) is 4.42 Å². The minimum absolute atomic E-state index is 0.286. The molecule has 146 valence electrons. The smallest absolute Gasteiger partial charge is 0.422 e. The SMILES string of the molecule is CC(CCc1ccco1)NC(=O)c1cc(OCC(F)(F)F)ccc1[N+](=O)[O-]. The van der Waals surface area contributed by atoms with Gasteiger partial charge in [-0.3, -0.25) is 14.9 Å². The van der Waals surface area contributed by atoms with Crippen LogP contribution in [-0.2, 0) is 6.42 Å². The predicted octanol–water partition coefficient (Wildman–Crippen LogP) is 3.88. The molecule has 0 saturated carbocycles. The van der Waals surface area contributed by atoms with E-state index in [9.17, 15) is 28.1 Å². The first-order chi connectivity index (χ1) is 12.7. The van der Waals surface area contributed by atoms with Crippen molar-refractivity contribution in [2.24, 2.45) is 0 Å². The number of nitro benzene ring substituents is 1. The number of amides is 1. The van der Waals surface area contributed by atoms with Crippen molar-refractivity contribution in [3.63, 3.8) is 0 Å². The van der Waals surface area contributed by atoms with E-state index >= 15 is 0 Å². The number of nitrogens with zero attached hydrogens (tertiary/aromatic N) is 1. The molecule has 1 amide bonds.